The van der Waals surface area contributed by atoms with Crippen molar-refractivity contribution in [2.45, 2.75) is 32.7 Å². The van der Waals surface area contributed by atoms with E-state index in [1.165, 1.54) is 12.8 Å². The molecule has 1 rings (SSSR count). The van der Waals surface area contributed by atoms with Crippen LogP contribution in [0.15, 0.2) is 12.4 Å². The fourth-order valence-electron chi connectivity index (χ4n) is 1.00. The van der Waals surface area contributed by atoms with E-state index in [-0.39, 0.29) is 0 Å². The summed E-state index contributed by atoms with van der Waals surface area (Å²) in [5.74, 6) is 0. The Morgan fingerprint density at radius 2 is 2.40 bits per heavy atom. The molecule has 0 aliphatic carbocycles. The predicted molar refractivity (Wildman–Crippen MR) is 39.6 cm³/mol. The van der Waals surface area contributed by atoms with Crippen molar-refractivity contribution in [2.24, 2.45) is 0 Å². The first-order valence-corrected chi connectivity index (χ1v) is 3.70. The number of aromatic nitrogens is 3. The molecule has 1 heterocycles. The van der Waals surface area contributed by atoms with Crippen LogP contribution in [0.5, 0.6) is 0 Å². The Morgan fingerprint density at radius 1 is 1.60 bits per heavy atom. The first-order valence-electron chi connectivity index (χ1n) is 3.70. The molecule has 0 radical (unpaired) electrons. The maximum absolute atomic E-state index is 3.90. The van der Waals surface area contributed by atoms with Gasteiger partial charge in [-0.1, -0.05) is 18.6 Å². The van der Waals surface area contributed by atoms with Crippen molar-refractivity contribution in [1.29, 1.82) is 0 Å². The van der Waals surface area contributed by atoms with E-state index in [1.54, 1.807) is 6.20 Å². The lowest BCUT2D eigenvalue weighted by atomic mass is 10.2. The van der Waals surface area contributed by atoms with Crippen LogP contribution in [-0.2, 0) is 0 Å². The van der Waals surface area contributed by atoms with Crippen LogP contribution in [0, 0.1) is 0 Å². The fourth-order valence-corrected chi connectivity index (χ4v) is 1.00. The van der Waals surface area contributed by atoms with Gasteiger partial charge in [-0.25, -0.2) is 4.68 Å². The summed E-state index contributed by atoms with van der Waals surface area (Å²) in [6.45, 7) is 4.33. The van der Waals surface area contributed by atoms with Crippen LogP contribution >= 0.6 is 0 Å². The second-order valence-corrected chi connectivity index (χ2v) is 2.52. The zero-order valence-corrected chi connectivity index (χ0v) is 6.49. The van der Waals surface area contributed by atoms with Crippen molar-refractivity contribution < 1.29 is 0 Å². The second-order valence-electron chi connectivity index (χ2n) is 2.52. The van der Waals surface area contributed by atoms with Gasteiger partial charge < -0.3 is 0 Å². The number of rotatable bonds is 3. The number of hydrogen-bond donors (Lipinski definition) is 0. The molecule has 3 nitrogen and oxygen atoms in total. The van der Waals surface area contributed by atoms with Gasteiger partial charge in [0, 0.05) is 6.20 Å². The minimum absolute atomic E-state index is 0.493. The molecule has 1 unspecified atom stereocenters. The highest BCUT2D eigenvalue weighted by Gasteiger charge is 2.01. The molecule has 0 saturated heterocycles. The summed E-state index contributed by atoms with van der Waals surface area (Å²) in [6.07, 6.45) is 5.98. The second kappa shape index (κ2) is 3.34. The van der Waals surface area contributed by atoms with Gasteiger partial charge in [-0.2, -0.15) is 0 Å². The topological polar surface area (TPSA) is 30.7 Å². The number of hydrogen-bond acceptors (Lipinski definition) is 2. The van der Waals surface area contributed by atoms with Crippen LogP contribution < -0.4 is 0 Å². The highest BCUT2D eigenvalue weighted by molar-refractivity contribution is 4.68. The summed E-state index contributed by atoms with van der Waals surface area (Å²) < 4.78 is 1.89. The summed E-state index contributed by atoms with van der Waals surface area (Å²) in [6, 6.07) is 0.493. The zero-order chi connectivity index (χ0) is 7.40. The molecule has 0 N–H and O–H groups in total. The van der Waals surface area contributed by atoms with Gasteiger partial charge in [-0.3, -0.25) is 0 Å². The largest absolute Gasteiger partial charge is 0.250 e. The molecule has 1 aromatic heterocycles. The summed E-state index contributed by atoms with van der Waals surface area (Å²) in [7, 11) is 0. The Morgan fingerprint density at radius 3 is 2.90 bits per heavy atom. The van der Waals surface area contributed by atoms with Crippen LogP contribution in [0.25, 0.3) is 0 Å². The van der Waals surface area contributed by atoms with Gasteiger partial charge in [-0.15, -0.1) is 5.10 Å². The van der Waals surface area contributed by atoms with Crippen LogP contribution in [0.4, 0.5) is 0 Å². The van der Waals surface area contributed by atoms with Gasteiger partial charge in [0.15, 0.2) is 0 Å². The van der Waals surface area contributed by atoms with Crippen molar-refractivity contribution in [3.8, 4) is 0 Å². The van der Waals surface area contributed by atoms with E-state index in [4.69, 9.17) is 0 Å². The molecular weight excluding hydrogens is 126 g/mol. The molecule has 10 heavy (non-hydrogen) atoms. The van der Waals surface area contributed by atoms with Gasteiger partial charge in [-0.05, 0) is 13.3 Å². The Kier molecular flexibility index (Phi) is 2.42. The molecule has 1 aromatic rings. The van der Waals surface area contributed by atoms with Crippen LogP contribution in [-0.4, -0.2) is 15.0 Å². The molecule has 3 heteroatoms. The number of nitrogens with zero attached hydrogens (tertiary/aromatic N) is 3. The standard InChI is InChI=1S/C7H13N3/c1-3-4-7(2)10-6-5-8-9-10/h5-7H,3-4H2,1-2H3. The van der Waals surface area contributed by atoms with E-state index in [9.17, 15) is 0 Å². The van der Waals surface area contributed by atoms with Gasteiger partial charge in [0.1, 0.15) is 0 Å². The van der Waals surface area contributed by atoms with Gasteiger partial charge >= 0.3 is 0 Å². The predicted octanol–water partition coefficient (Wildman–Crippen LogP) is 1.64. The Labute approximate surface area is 61.1 Å². The molecule has 0 aliphatic heterocycles. The maximum atomic E-state index is 3.90. The zero-order valence-electron chi connectivity index (χ0n) is 6.49. The highest BCUT2D eigenvalue weighted by atomic mass is 15.4. The van der Waals surface area contributed by atoms with E-state index >= 15 is 0 Å². The third kappa shape index (κ3) is 1.56. The van der Waals surface area contributed by atoms with Crippen LogP contribution in [0.3, 0.4) is 0 Å². The maximum Gasteiger partial charge on any atom is 0.0693 e. The molecular formula is C7H13N3. The van der Waals surface area contributed by atoms with E-state index in [1.807, 2.05) is 10.9 Å². The first kappa shape index (κ1) is 7.25. The molecule has 0 aliphatic rings. The van der Waals surface area contributed by atoms with E-state index in [0.717, 1.165) is 0 Å². The summed E-state index contributed by atoms with van der Waals surface area (Å²) >= 11 is 0. The SMILES string of the molecule is CCCC(C)n1ccnn1. The normalized spacial score (nSPS) is 13.4. The first-order chi connectivity index (χ1) is 4.84. The average Bonchev–Trinajstić information content (AvgIpc) is 2.38. The van der Waals surface area contributed by atoms with Gasteiger partial charge in [0.05, 0.1) is 12.2 Å². The average molecular weight is 139 g/mol. The van der Waals surface area contributed by atoms with Crippen molar-refractivity contribution in [1.82, 2.24) is 15.0 Å². The smallest absolute Gasteiger partial charge is 0.0693 e. The monoisotopic (exact) mass is 139 g/mol. The lowest BCUT2D eigenvalue weighted by Crippen LogP contribution is -2.05. The molecule has 0 spiro atoms. The van der Waals surface area contributed by atoms with Crippen LogP contribution in [0.2, 0.25) is 0 Å². The van der Waals surface area contributed by atoms with Crippen molar-refractivity contribution in [3.05, 3.63) is 12.4 Å². The molecule has 56 valence electrons. The lowest BCUT2D eigenvalue weighted by molar-refractivity contribution is 0.443. The Balaban J connectivity index is 2.50. The fraction of sp³-hybridized carbons (Fsp3) is 0.714. The third-order valence-corrected chi connectivity index (χ3v) is 1.60. The van der Waals surface area contributed by atoms with Gasteiger partial charge in [0.2, 0.25) is 0 Å². The lowest BCUT2D eigenvalue weighted by Gasteiger charge is -2.07. The highest BCUT2D eigenvalue weighted by Crippen LogP contribution is 2.08. The summed E-state index contributed by atoms with van der Waals surface area (Å²) in [4.78, 5) is 0. The molecule has 0 aromatic carbocycles. The van der Waals surface area contributed by atoms with Crippen LogP contribution in [0.1, 0.15) is 32.7 Å². The summed E-state index contributed by atoms with van der Waals surface area (Å²) in [5.41, 5.74) is 0. The Hall–Kier alpha value is -0.860. The minimum atomic E-state index is 0.493. The summed E-state index contributed by atoms with van der Waals surface area (Å²) in [5, 5.41) is 7.64. The molecule has 0 saturated carbocycles. The van der Waals surface area contributed by atoms with E-state index < -0.39 is 0 Å². The van der Waals surface area contributed by atoms with E-state index in [0.29, 0.717) is 6.04 Å². The molecule has 0 amide bonds. The quantitative estimate of drug-likeness (QED) is 0.637. The van der Waals surface area contributed by atoms with Crippen molar-refractivity contribution >= 4 is 0 Å². The van der Waals surface area contributed by atoms with Crippen molar-refractivity contribution in [2.75, 3.05) is 0 Å². The Bertz CT molecular complexity index is 169. The van der Waals surface area contributed by atoms with E-state index in [2.05, 4.69) is 24.2 Å². The molecule has 0 bridgehead atoms. The van der Waals surface area contributed by atoms with Gasteiger partial charge in [0.25, 0.3) is 0 Å². The molecule has 1 atom stereocenters. The molecule has 0 fully saturated rings. The van der Waals surface area contributed by atoms with Crippen molar-refractivity contribution in [3.63, 3.8) is 0 Å². The minimum Gasteiger partial charge on any atom is -0.250 e. The third-order valence-electron chi connectivity index (χ3n) is 1.60.